The van der Waals surface area contributed by atoms with E-state index in [1.54, 1.807) is 4.90 Å². The second kappa shape index (κ2) is 6.62. The maximum absolute atomic E-state index is 12.7. The molecule has 8 nitrogen and oxygen atoms in total. The van der Waals surface area contributed by atoms with Gasteiger partial charge in [-0.1, -0.05) is 0 Å². The van der Waals surface area contributed by atoms with E-state index in [-0.39, 0.29) is 30.9 Å². The van der Waals surface area contributed by atoms with Gasteiger partial charge in [0.25, 0.3) is 5.91 Å². The Morgan fingerprint density at radius 1 is 1.33 bits per heavy atom. The topological polar surface area (TPSA) is 87.5 Å². The van der Waals surface area contributed by atoms with Crippen molar-refractivity contribution >= 4 is 17.8 Å². The fourth-order valence-electron chi connectivity index (χ4n) is 3.42. The second-order valence-corrected chi connectivity index (χ2v) is 6.48. The molecule has 2 fully saturated rings. The van der Waals surface area contributed by atoms with E-state index >= 15 is 0 Å². The number of imide groups is 1. The molecule has 0 radical (unpaired) electrons. The van der Waals surface area contributed by atoms with Crippen LogP contribution in [0.1, 0.15) is 30.7 Å². The number of hydrogen-bond donors (Lipinski definition) is 1. The summed E-state index contributed by atoms with van der Waals surface area (Å²) in [6.07, 6.45) is 2.92. The highest BCUT2D eigenvalue weighted by atomic mass is 16.2. The van der Waals surface area contributed by atoms with Crippen LogP contribution < -0.4 is 5.32 Å². The standard InChI is InChI=1S/C16H23N5O3/c1-11-7-12(2)21(18-11)9-13-5-3-4-6-19(13)15(23)10-20-14(22)8-17-16(20)24/h7,13H,3-6,8-10H2,1-2H3,(H,17,24). The molecule has 1 atom stereocenters. The summed E-state index contributed by atoms with van der Waals surface area (Å²) in [5, 5.41) is 6.92. The van der Waals surface area contributed by atoms with Crippen molar-refractivity contribution in [1.29, 1.82) is 0 Å². The predicted octanol–water partition coefficient (Wildman–Crippen LogP) is 0.433. The first kappa shape index (κ1) is 16.5. The monoisotopic (exact) mass is 333 g/mol. The third-order valence-corrected chi connectivity index (χ3v) is 4.66. The Morgan fingerprint density at radius 3 is 2.75 bits per heavy atom. The molecule has 1 unspecified atom stereocenters. The number of hydrogen-bond acceptors (Lipinski definition) is 4. The van der Waals surface area contributed by atoms with Crippen LogP contribution in [-0.2, 0) is 16.1 Å². The molecule has 3 rings (SSSR count). The zero-order valence-electron chi connectivity index (χ0n) is 14.1. The van der Waals surface area contributed by atoms with E-state index in [4.69, 9.17) is 0 Å². The summed E-state index contributed by atoms with van der Waals surface area (Å²) in [5.41, 5.74) is 2.03. The lowest BCUT2D eigenvalue weighted by molar-refractivity contribution is -0.139. The minimum absolute atomic E-state index is 0.0265. The first-order chi connectivity index (χ1) is 11.5. The van der Waals surface area contributed by atoms with Gasteiger partial charge in [-0.25, -0.2) is 4.79 Å². The van der Waals surface area contributed by atoms with E-state index in [0.29, 0.717) is 13.1 Å². The van der Waals surface area contributed by atoms with Gasteiger partial charge < -0.3 is 10.2 Å². The maximum Gasteiger partial charge on any atom is 0.325 e. The Morgan fingerprint density at radius 2 is 2.12 bits per heavy atom. The molecule has 130 valence electrons. The average molecular weight is 333 g/mol. The summed E-state index contributed by atoms with van der Waals surface area (Å²) in [6, 6.07) is 1.58. The first-order valence-corrected chi connectivity index (χ1v) is 8.34. The van der Waals surface area contributed by atoms with Gasteiger partial charge in [0.1, 0.15) is 6.54 Å². The van der Waals surface area contributed by atoms with E-state index < -0.39 is 6.03 Å². The summed E-state index contributed by atoms with van der Waals surface area (Å²) in [6.45, 7) is 5.05. The minimum Gasteiger partial charge on any atom is -0.336 e. The number of likely N-dealkylation sites (tertiary alicyclic amines) is 1. The zero-order chi connectivity index (χ0) is 17.3. The Kier molecular flexibility index (Phi) is 4.55. The molecule has 0 saturated carbocycles. The van der Waals surface area contributed by atoms with Crippen molar-refractivity contribution in [2.45, 2.75) is 45.7 Å². The lowest BCUT2D eigenvalue weighted by atomic mass is 10.0. The maximum atomic E-state index is 12.7. The van der Waals surface area contributed by atoms with Crippen molar-refractivity contribution < 1.29 is 14.4 Å². The number of rotatable bonds is 4. The molecule has 3 heterocycles. The summed E-state index contributed by atoms with van der Waals surface area (Å²) >= 11 is 0. The number of nitrogens with zero attached hydrogens (tertiary/aromatic N) is 4. The minimum atomic E-state index is -0.486. The Bertz CT molecular complexity index is 653. The molecule has 24 heavy (non-hydrogen) atoms. The smallest absolute Gasteiger partial charge is 0.325 e. The van der Waals surface area contributed by atoms with Gasteiger partial charge in [0.05, 0.1) is 24.8 Å². The Hall–Kier alpha value is -2.38. The highest BCUT2D eigenvalue weighted by molar-refractivity contribution is 6.04. The number of piperidine rings is 1. The summed E-state index contributed by atoms with van der Waals surface area (Å²) in [7, 11) is 0. The molecule has 4 amide bonds. The molecule has 0 aliphatic carbocycles. The zero-order valence-corrected chi connectivity index (χ0v) is 14.1. The van der Waals surface area contributed by atoms with Crippen LogP contribution in [0.4, 0.5) is 4.79 Å². The fourth-order valence-corrected chi connectivity index (χ4v) is 3.42. The van der Waals surface area contributed by atoms with Crippen LogP contribution in [0, 0.1) is 13.8 Å². The van der Waals surface area contributed by atoms with Crippen LogP contribution in [-0.4, -0.2) is 63.1 Å². The lowest BCUT2D eigenvalue weighted by Gasteiger charge is -2.36. The van der Waals surface area contributed by atoms with Crippen molar-refractivity contribution in [3.05, 3.63) is 17.5 Å². The molecular formula is C16H23N5O3. The van der Waals surface area contributed by atoms with E-state index in [0.717, 1.165) is 35.6 Å². The third kappa shape index (κ3) is 3.27. The molecule has 2 aliphatic rings. The highest BCUT2D eigenvalue weighted by Crippen LogP contribution is 2.20. The molecule has 8 heteroatoms. The average Bonchev–Trinajstić information content (AvgIpc) is 3.03. The number of nitrogens with one attached hydrogen (secondary N) is 1. The van der Waals surface area contributed by atoms with Crippen LogP contribution >= 0.6 is 0 Å². The molecule has 0 bridgehead atoms. The summed E-state index contributed by atoms with van der Waals surface area (Å²) < 4.78 is 1.93. The summed E-state index contributed by atoms with van der Waals surface area (Å²) in [4.78, 5) is 38.8. The molecular weight excluding hydrogens is 310 g/mol. The molecule has 2 aliphatic heterocycles. The lowest BCUT2D eigenvalue weighted by Crippen LogP contribution is -2.50. The van der Waals surface area contributed by atoms with Crippen molar-refractivity contribution in [3.63, 3.8) is 0 Å². The van der Waals surface area contributed by atoms with Gasteiger partial charge in [-0.05, 0) is 39.2 Å². The van der Waals surface area contributed by atoms with Gasteiger partial charge in [0.2, 0.25) is 5.91 Å². The van der Waals surface area contributed by atoms with Crippen molar-refractivity contribution in [2.24, 2.45) is 0 Å². The number of amides is 4. The third-order valence-electron chi connectivity index (χ3n) is 4.66. The van der Waals surface area contributed by atoms with Gasteiger partial charge in [-0.15, -0.1) is 0 Å². The van der Waals surface area contributed by atoms with E-state index in [1.165, 1.54) is 0 Å². The molecule has 1 aromatic rings. The molecule has 0 spiro atoms. The van der Waals surface area contributed by atoms with Crippen molar-refractivity contribution in [3.8, 4) is 0 Å². The van der Waals surface area contributed by atoms with E-state index in [1.807, 2.05) is 24.6 Å². The fraction of sp³-hybridized carbons (Fsp3) is 0.625. The molecule has 1 N–H and O–H groups in total. The molecule has 1 aromatic heterocycles. The van der Waals surface area contributed by atoms with Crippen LogP contribution in [0.3, 0.4) is 0 Å². The number of aryl methyl sites for hydroxylation is 2. The highest BCUT2D eigenvalue weighted by Gasteiger charge is 2.34. The van der Waals surface area contributed by atoms with Gasteiger partial charge >= 0.3 is 6.03 Å². The predicted molar refractivity (Wildman–Crippen MR) is 86.2 cm³/mol. The van der Waals surface area contributed by atoms with Crippen molar-refractivity contribution in [2.75, 3.05) is 19.6 Å². The number of aromatic nitrogens is 2. The summed E-state index contributed by atoms with van der Waals surface area (Å²) in [5.74, 6) is -0.521. The Balaban J connectivity index is 1.69. The molecule has 2 saturated heterocycles. The van der Waals surface area contributed by atoms with Gasteiger partial charge in [-0.3, -0.25) is 19.2 Å². The number of urea groups is 1. The van der Waals surface area contributed by atoms with Crippen LogP contribution in [0.5, 0.6) is 0 Å². The van der Waals surface area contributed by atoms with Crippen LogP contribution in [0.25, 0.3) is 0 Å². The number of carbonyl (C=O) groups excluding carboxylic acids is 3. The quantitative estimate of drug-likeness (QED) is 0.810. The van der Waals surface area contributed by atoms with E-state index in [2.05, 4.69) is 10.4 Å². The van der Waals surface area contributed by atoms with Gasteiger partial charge in [0.15, 0.2) is 0 Å². The van der Waals surface area contributed by atoms with Crippen molar-refractivity contribution in [1.82, 2.24) is 24.9 Å². The van der Waals surface area contributed by atoms with Crippen LogP contribution in [0.15, 0.2) is 6.07 Å². The SMILES string of the molecule is Cc1cc(C)n(CC2CCCCN2C(=O)CN2C(=O)CNC2=O)n1. The Labute approximate surface area is 140 Å². The van der Waals surface area contributed by atoms with Gasteiger partial charge in [-0.2, -0.15) is 5.10 Å². The number of carbonyl (C=O) groups is 3. The first-order valence-electron chi connectivity index (χ1n) is 8.34. The normalized spacial score (nSPS) is 21.3. The second-order valence-electron chi connectivity index (χ2n) is 6.48. The largest absolute Gasteiger partial charge is 0.336 e. The van der Waals surface area contributed by atoms with Crippen LogP contribution in [0.2, 0.25) is 0 Å². The van der Waals surface area contributed by atoms with Gasteiger partial charge in [0, 0.05) is 12.2 Å². The molecule has 0 aromatic carbocycles. The van der Waals surface area contributed by atoms with E-state index in [9.17, 15) is 14.4 Å².